The van der Waals surface area contributed by atoms with Gasteiger partial charge < -0.3 is 20.5 Å². The number of aliphatic carboxylic acids is 1. The summed E-state index contributed by atoms with van der Waals surface area (Å²) < 4.78 is 18.9. The van der Waals surface area contributed by atoms with Gasteiger partial charge in [0, 0.05) is 18.8 Å². The van der Waals surface area contributed by atoms with Crippen LogP contribution >= 0.6 is 0 Å². The fourth-order valence-corrected chi connectivity index (χ4v) is 4.25. The summed E-state index contributed by atoms with van der Waals surface area (Å²) >= 11 is 0. The molecule has 1 aliphatic rings. The first-order chi connectivity index (χ1) is 18.7. The summed E-state index contributed by atoms with van der Waals surface area (Å²) in [4.78, 5) is 53.8. The van der Waals surface area contributed by atoms with Gasteiger partial charge >= 0.3 is 18.1 Å². The zero-order valence-corrected chi connectivity index (χ0v) is 21.0. The van der Waals surface area contributed by atoms with E-state index in [4.69, 9.17) is 4.74 Å². The summed E-state index contributed by atoms with van der Waals surface area (Å²) in [6, 6.07) is 18.7. The highest BCUT2D eigenvalue weighted by molar-refractivity contribution is 5.96. The Labute approximate surface area is 224 Å². The Bertz CT molecular complexity index is 1350. The van der Waals surface area contributed by atoms with Crippen molar-refractivity contribution >= 4 is 29.7 Å². The number of amides is 4. The maximum atomic E-state index is 13.6. The second-order valence-corrected chi connectivity index (χ2v) is 8.95. The number of anilines is 1. The molecule has 1 heterocycles. The number of urea groups is 1. The van der Waals surface area contributed by atoms with Crippen molar-refractivity contribution in [3.63, 3.8) is 0 Å². The molecule has 2 unspecified atom stereocenters. The molecule has 2 atom stereocenters. The molecule has 0 radical (unpaired) electrons. The Balaban J connectivity index is 1.60. The van der Waals surface area contributed by atoms with Crippen LogP contribution in [0, 0.1) is 12.7 Å². The molecular formula is C28H27FN4O6. The van der Waals surface area contributed by atoms with E-state index in [0.717, 1.165) is 22.6 Å². The number of benzene rings is 3. The monoisotopic (exact) mass is 534 g/mol. The summed E-state index contributed by atoms with van der Waals surface area (Å²) in [5.74, 6) is -2.28. The largest absolute Gasteiger partial charge is 0.481 e. The van der Waals surface area contributed by atoms with E-state index in [1.807, 2.05) is 13.0 Å². The average molecular weight is 535 g/mol. The third-order valence-corrected chi connectivity index (χ3v) is 6.09. The number of carbonyl (C=O) groups excluding carboxylic acids is 3. The summed E-state index contributed by atoms with van der Waals surface area (Å²) in [7, 11) is 0. The average Bonchev–Trinajstić information content (AvgIpc) is 3.35. The lowest BCUT2D eigenvalue weighted by atomic mass is 10.0. The number of carboxylic acid groups (broad SMARTS) is 1. The van der Waals surface area contributed by atoms with E-state index in [0.29, 0.717) is 11.3 Å². The number of para-hydroxylation sites is 1. The highest BCUT2D eigenvalue weighted by atomic mass is 19.1. The molecule has 10 nitrogen and oxygen atoms in total. The van der Waals surface area contributed by atoms with E-state index < -0.39 is 48.4 Å². The van der Waals surface area contributed by atoms with Crippen molar-refractivity contribution in [2.45, 2.75) is 25.6 Å². The number of rotatable bonds is 7. The molecule has 3 aromatic rings. The van der Waals surface area contributed by atoms with Crippen LogP contribution in [0.25, 0.3) is 0 Å². The first-order valence-electron chi connectivity index (χ1n) is 12.2. The Hall–Kier alpha value is -4.93. The number of ether oxygens (including phenoxy) is 1. The molecule has 3 aromatic carbocycles. The van der Waals surface area contributed by atoms with Crippen LogP contribution < -0.4 is 15.4 Å². The minimum atomic E-state index is -1.44. The lowest BCUT2D eigenvalue weighted by molar-refractivity contribution is -0.138. The summed E-state index contributed by atoms with van der Waals surface area (Å²) in [5.41, 5.74) is 1.76. The lowest BCUT2D eigenvalue weighted by Crippen LogP contribution is -2.55. The van der Waals surface area contributed by atoms with E-state index in [2.05, 4.69) is 10.6 Å². The van der Waals surface area contributed by atoms with Crippen LogP contribution in [0.4, 0.5) is 19.7 Å². The van der Waals surface area contributed by atoms with Gasteiger partial charge in [-0.05, 0) is 54.4 Å². The second-order valence-electron chi connectivity index (χ2n) is 8.95. The molecule has 0 bridgehead atoms. The summed E-state index contributed by atoms with van der Waals surface area (Å²) in [5, 5.41) is 14.8. The molecule has 1 fully saturated rings. The Morgan fingerprint density at radius 1 is 0.974 bits per heavy atom. The van der Waals surface area contributed by atoms with E-state index in [1.54, 1.807) is 48.5 Å². The van der Waals surface area contributed by atoms with Gasteiger partial charge in [-0.25, -0.2) is 14.0 Å². The smallest absolute Gasteiger partial charge is 0.417 e. The number of halogens is 1. The lowest BCUT2D eigenvalue weighted by Gasteiger charge is -2.30. The van der Waals surface area contributed by atoms with Gasteiger partial charge in [-0.1, -0.05) is 42.5 Å². The van der Waals surface area contributed by atoms with E-state index in [-0.39, 0.29) is 18.8 Å². The molecule has 3 N–H and O–H groups in total. The third kappa shape index (κ3) is 6.89. The van der Waals surface area contributed by atoms with Gasteiger partial charge in [0.1, 0.15) is 11.6 Å². The Kier molecular flexibility index (Phi) is 8.40. The normalized spacial score (nSPS) is 15.4. The van der Waals surface area contributed by atoms with Crippen molar-refractivity contribution < 1.29 is 33.4 Å². The minimum Gasteiger partial charge on any atom is -0.481 e. The fourth-order valence-electron chi connectivity index (χ4n) is 4.25. The summed E-state index contributed by atoms with van der Waals surface area (Å²) in [6.45, 7) is 1.87. The summed E-state index contributed by atoms with van der Waals surface area (Å²) in [6.07, 6.45) is -2.81. The quantitative estimate of drug-likeness (QED) is 0.418. The van der Waals surface area contributed by atoms with Crippen molar-refractivity contribution in [3.8, 4) is 5.75 Å². The van der Waals surface area contributed by atoms with Gasteiger partial charge in [-0.3, -0.25) is 19.4 Å². The maximum absolute atomic E-state index is 13.6. The van der Waals surface area contributed by atoms with Crippen LogP contribution in [0.15, 0.2) is 78.9 Å². The minimum absolute atomic E-state index is 0.00879. The predicted molar refractivity (Wildman–Crippen MR) is 139 cm³/mol. The first-order valence-corrected chi connectivity index (χ1v) is 12.2. The van der Waals surface area contributed by atoms with Gasteiger partial charge in [0.2, 0.25) is 0 Å². The standard InChI is InChI=1S/C28H27FN4O6/c1-18-6-5-7-21(16-18)30-27(37)32-14-15-33(28(38)39-22-8-3-2-4-9-22)26(32)25(36)31-23(17-24(34)35)19-10-12-20(29)13-11-19/h2-13,16,23,26H,14-15,17H2,1H3,(H,30,37)(H,31,36)(H,34,35). The molecule has 4 rings (SSSR count). The fraction of sp³-hybridized carbons (Fsp3) is 0.214. The molecule has 0 aliphatic carbocycles. The highest BCUT2D eigenvalue weighted by Crippen LogP contribution is 2.23. The van der Waals surface area contributed by atoms with E-state index in [9.17, 15) is 28.7 Å². The van der Waals surface area contributed by atoms with Crippen LogP contribution in [0.2, 0.25) is 0 Å². The molecule has 39 heavy (non-hydrogen) atoms. The first kappa shape index (κ1) is 27.1. The van der Waals surface area contributed by atoms with Gasteiger partial charge in [-0.15, -0.1) is 0 Å². The number of hydrogen-bond donors (Lipinski definition) is 3. The number of hydrogen-bond acceptors (Lipinski definition) is 5. The number of nitrogens with one attached hydrogen (secondary N) is 2. The van der Waals surface area contributed by atoms with Gasteiger partial charge in [0.15, 0.2) is 6.17 Å². The van der Waals surface area contributed by atoms with Crippen LogP contribution in [0.1, 0.15) is 23.6 Å². The molecule has 0 spiro atoms. The molecular weight excluding hydrogens is 507 g/mol. The number of aryl methyl sites for hydroxylation is 1. The zero-order chi connectivity index (χ0) is 27.9. The van der Waals surface area contributed by atoms with E-state index >= 15 is 0 Å². The van der Waals surface area contributed by atoms with Gasteiger partial charge in [0.05, 0.1) is 12.5 Å². The van der Waals surface area contributed by atoms with Crippen molar-refractivity contribution in [3.05, 3.63) is 95.8 Å². The van der Waals surface area contributed by atoms with Crippen molar-refractivity contribution in [2.24, 2.45) is 0 Å². The predicted octanol–water partition coefficient (Wildman–Crippen LogP) is 4.14. The van der Waals surface area contributed by atoms with Crippen LogP contribution in [0.3, 0.4) is 0 Å². The van der Waals surface area contributed by atoms with Gasteiger partial charge in [0.25, 0.3) is 5.91 Å². The van der Waals surface area contributed by atoms with Crippen LogP contribution in [0.5, 0.6) is 5.75 Å². The van der Waals surface area contributed by atoms with Gasteiger partial charge in [-0.2, -0.15) is 0 Å². The third-order valence-electron chi connectivity index (χ3n) is 6.09. The molecule has 11 heteroatoms. The van der Waals surface area contributed by atoms with Crippen LogP contribution in [-0.4, -0.2) is 58.2 Å². The second kappa shape index (κ2) is 12.1. The Morgan fingerprint density at radius 3 is 2.33 bits per heavy atom. The molecule has 202 valence electrons. The number of carboxylic acids is 1. The molecule has 1 aliphatic heterocycles. The highest BCUT2D eigenvalue weighted by Gasteiger charge is 2.44. The topological polar surface area (TPSA) is 128 Å². The zero-order valence-electron chi connectivity index (χ0n) is 21.0. The Morgan fingerprint density at radius 2 is 1.67 bits per heavy atom. The number of carbonyl (C=O) groups is 4. The number of nitrogens with zero attached hydrogens (tertiary/aromatic N) is 2. The molecule has 0 saturated carbocycles. The van der Waals surface area contributed by atoms with Crippen molar-refractivity contribution in [1.29, 1.82) is 0 Å². The van der Waals surface area contributed by atoms with E-state index in [1.165, 1.54) is 17.0 Å². The maximum Gasteiger partial charge on any atom is 0.417 e. The molecule has 0 aromatic heterocycles. The van der Waals surface area contributed by atoms with Crippen molar-refractivity contribution in [1.82, 2.24) is 15.1 Å². The molecule has 1 saturated heterocycles. The SMILES string of the molecule is Cc1cccc(NC(=O)N2CCN(C(=O)Oc3ccccc3)C2C(=O)NC(CC(=O)O)c2ccc(F)cc2)c1. The van der Waals surface area contributed by atoms with Crippen LogP contribution in [-0.2, 0) is 9.59 Å². The van der Waals surface area contributed by atoms with Crippen molar-refractivity contribution in [2.75, 3.05) is 18.4 Å². The molecule has 4 amide bonds.